The van der Waals surface area contributed by atoms with Crippen molar-refractivity contribution in [2.75, 3.05) is 25.1 Å². The Hall–Kier alpha value is -1.91. The molecule has 0 aromatic heterocycles. The number of nitrogens with two attached hydrogens (primary N) is 1. The molecular formula is C15H21N3O2. The van der Waals surface area contributed by atoms with Crippen LogP contribution in [0.1, 0.15) is 26.2 Å². The lowest BCUT2D eigenvalue weighted by Gasteiger charge is -2.11. The number of aliphatic imine (C=N–C) groups is 1. The molecule has 0 atom stereocenters. The zero-order valence-electron chi connectivity index (χ0n) is 11.8. The van der Waals surface area contributed by atoms with Gasteiger partial charge >= 0.3 is 0 Å². The van der Waals surface area contributed by atoms with E-state index in [1.165, 1.54) is 12.8 Å². The standard InChI is InChI=1S/C15H21N3O2/c1-15(5-6-15)10-17-14(16)18-11-3-4-12-13(9-11)20-8-2-7-19-12/h3-4,9H,2,5-8,10H2,1H3,(H3,16,17,18). The summed E-state index contributed by atoms with van der Waals surface area (Å²) in [6, 6.07) is 5.73. The van der Waals surface area contributed by atoms with E-state index in [2.05, 4.69) is 17.2 Å². The highest BCUT2D eigenvalue weighted by molar-refractivity contribution is 5.92. The van der Waals surface area contributed by atoms with Crippen molar-refractivity contribution in [2.24, 2.45) is 16.1 Å². The third-order valence-corrected chi connectivity index (χ3v) is 3.75. The molecule has 0 radical (unpaired) electrons. The molecule has 1 aliphatic heterocycles. The molecule has 0 bridgehead atoms. The molecule has 20 heavy (non-hydrogen) atoms. The van der Waals surface area contributed by atoms with E-state index in [4.69, 9.17) is 15.2 Å². The molecule has 1 saturated carbocycles. The zero-order valence-corrected chi connectivity index (χ0v) is 11.8. The molecule has 5 nitrogen and oxygen atoms in total. The number of hydrogen-bond acceptors (Lipinski definition) is 3. The summed E-state index contributed by atoms with van der Waals surface area (Å²) in [5.41, 5.74) is 7.16. The molecule has 1 aromatic rings. The van der Waals surface area contributed by atoms with E-state index in [-0.39, 0.29) is 0 Å². The van der Waals surface area contributed by atoms with Gasteiger partial charge < -0.3 is 20.5 Å². The van der Waals surface area contributed by atoms with Crippen LogP contribution in [0.4, 0.5) is 5.69 Å². The van der Waals surface area contributed by atoms with E-state index in [0.717, 1.165) is 30.2 Å². The maximum atomic E-state index is 5.91. The van der Waals surface area contributed by atoms with Gasteiger partial charge in [-0.15, -0.1) is 0 Å². The number of rotatable bonds is 3. The molecule has 2 aliphatic rings. The first kappa shape index (κ1) is 13.1. The lowest BCUT2D eigenvalue weighted by atomic mass is 10.1. The Labute approximate surface area is 119 Å². The van der Waals surface area contributed by atoms with E-state index in [0.29, 0.717) is 24.6 Å². The predicted octanol–water partition coefficient (Wildman–Crippen LogP) is 2.37. The zero-order chi connectivity index (χ0) is 14.0. The first-order valence-electron chi connectivity index (χ1n) is 7.11. The van der Waals surface area contributed by atoms with Crippen LogP contribution in [0.2, 0.25) is 0 Å². The molecule has 0 amide bonds. The summed E-state index contributed by atoms with van der Waals surface area (Å²) in [5.74, 6) is 2.00. The van der Waals surface area contributed by atoms with Gasteiger partial charge in [-0.2, -0.15) is 0 Å². The maximum absolute atomic E-state index is 5.91. The molecule has 108 valence electrons. The molecular weight excluding hydrogens is 254 g/mol. The van der Waals surface area contributed by atoms with Crippen molar-refractivity contribution in [3.05, 3.63) is 18.2 Å². The average molecular weight is 275 g/mol. The number of nitrogens with one attached hydrogen (secondary N) is 1. The van der Waals surface area contributed by atoms with E-state index in [9.17, 15) is 0 Å². The van der Waals surface area contributed by atoms with Gasteiger partial charge in [0.2, 0.25) is 0 Å². The topological polar surface area (TPSA) is 68.9 Å². The van der Waals surface area contributed by atoms with Gasteiger partial charge in [0.15, 0.2) is 17.5 Å². The molecule has 1 heterocycles. The van der Waals surface area contributed by atoms with Crippen molar-refractivity contribution in [3.63, 3.8) is 0 Å². The van der Waals surface area contributed by atoms with Gasteiger partial charge in [0.05, 0.1) is 13.2 Å². The van der Waals surface area contributed by atoms with Gasteiger partial charge in [0.25, 0.3) is 0 Å². The predicted molar refractivity (Wildman–Crippen MR) is 79.5 cm³/mol. The number of ether oxygens (including phenoxy) is 2. The molecule has 0 unspecified atom stereocenters. The fourth-order valence-corrected chi connectivity index (χ4v) is 2.08. The smallest absolute Gasteiger partial charge is 0.193 e. The second-order valence-corrected chi connectivity index (χ2v) is 5.85. The molecule has 0 spiro atoms. The summed E-state index contributed by atoms with van der Waals surface area (Å²) < 4.78 is 11.2. The minimum Gasteiger partial charge on any atom is -0.490 e. The van der Waals surface area contributed by atoms with Gasteiger partial charge in [0, 0.05) is 24.7 Å². The minimum atomic E-state index is 0.372. The van der Waals surface area contributed by atoms with E-state index in [1.54, 1.807) is 0 Å². The number of guanidine groups is 1. The molecule has 5 heteroatoms. The van der Waals surface area contributed by atoms with Crippen LogP contribution in [0.5, 0.6) is 11.5 Å². The molecule has 1 aliphatic carbocycles. The lowest BCUT2D eigenvalue weighted by Crippen LogP contribution is -2.23. The van der Waals surface area contributed by atoms with Crippen LogP contribution in [0.3, 0.4) is 0 Å². The van der Waals surface area contributed by atoms with Crippen molar-refractivity contribution in [1.29, 1.82) is 0 Å². The quantitative estimate of drug-likeness (QED) is 0.656. The Balaban J connectivity index is 1.66. The number of fused-ring (bicyclic) bond motifs is 1. The van der Waals surface area contributed by atoms with Gasteiger partial charge in [0.1, 0.15) is 0 Å². The summed E-state index contributed by atoms with van der Waals surface area (Å²) in [7, 11) is 0. The molecule has 0 saturated heterocycles. The van der Waals surface area contributed by atoms with Crippen LogP contribution < -0.4 is 20.5 Å². The first-order valence-corrected chi connectivity index (χ1v) is 7.11. The Kier molecular flexibility index (Phi) is 3.42. The van der Waals surface area contributed by atoms with Crippen molar-refractivity contribution >= 4 is 11.6 Å². The number of anilines is 1. The van der Waals surface area contributed by atoms with Crippen LogP contribution >= 0.6 is 0 Å². The van der Waals surface area contributed by atoms with Crippen molar-refractivity contribution in [1.82, 2.24) is 0 Å². The average Bonchev–Trinajstić information content (AvgIpc) is 3.20. The van der Waals surface area contributed by atoms with Crippen LogP contribution in [0.15, 0.2) is 23.2 Å². The third kappa shape index (κ3) is 3.15. The van der Waals surface area contributed by atoms with Crippen LogP contribution in [-0.2, 0) is 0 Å². The summed E-state index contributed by atoms with van der Waals surface area (Å²) in [6.07, 6.45) is 3.39. The number of benzene rings is 1. The fraction of sp³-hybridized carbons (Fsp3) is 0.533. The molecule has 3 rings (SSSR count). The summed E-state index contributed by atoms with van der Waals surface area (Å²) >= 11 is 0. The van der Waals surface area contributed by atoms with Crippen molar-refractivity contribution in [3.8, 4) is 11.5 Å². The largest absolute Gasteiger partial charge is 0.490 e. The normalized spacial score (nSPS) is 20.1. The molecule has 3 N–H and O–H groups in total. The van der Waals surface area contributed by atoms with Gasteiger partial charge in [-0.1, -0.05) is 6.92 Å². The van der Waals surface area contributed by atoms with Gasteiger partial charge in [-0.05, 0) is 30.4 Å². The van der Waals surface area contributed by atoms with Gasteiger partial charge in [-0.3, -0.25) is 4.99 Å². The summed E-state index contributed by atoms with van der Waals surface area (Å²) in [4.78, 5) is 4.40. The Morgan fingerprint density at radius 3 is 2.80 bits per heavy atom. The number of hydrogen-bond donors (Lipinski definition) is 2. The SMILES string of the molecule is CC1(CN=C(N)Nc2ccc3c(c2)OCCCO3)CC1. The van der Waals surface area contributed by atoms with Crippen molar-refractivity contribution in [2.45, 2.75) is 26.2 Å². The third-order valence-electron chi connectivity index (χ3n) is 3.75. The van der Waals surface area contributed by atoms with Crippen LogP contribution in [-0.4, -0.2) is 25.7 Å². The molecule has 1 fully saturated rings. The summed E-state index contributed by atoms with van der Waals surface area (Å²) in [6.45, 7) is 4.40. The summed E-state index contributed by atoms with van der Waals surface area (Å²) in [5, 5.41) is 3.10. The lowest BCUT2D eigenvalue weighted by molar-refractivity contribution is 0.297. The van der Waals surface area contributed by atoms with Crippen LogP contribution in [0.25, 0.3) is 0 Å². The molecule has 1 aromatic carbocycles. The maximum Gasteiger partial charge on any atom is 0.193 e. The Morgan fingerprint density at radius 2 is 2.05 bits per heavy atom. The van der Waals surface area contributed by atoms with Gasteiger partial charge in [-0.25, -0.2) is 0 Å². The second-order valence-electron chi connectivity index (χ2n) is 5.85. The van der Waals surface area contributed by atoms with E-state index >= 15 is 0 Å². The van der Waals surface area contributed by atoms with Crippen LogP contribution in [0, 0.1) is 5.41 Å². The van der Waals surface area contributed by atoms with E-state index in [1.807, 2.05) is 18.2 Å². The number of nitrogens with zero attached hydrogens (tertiary/aromatic N) is 1. The Bertz CT molecular complexity index is 524. The Morgan fingerprint density at radius 1 is 1.30 bits per heavy atom. The fourth-order valence-electron chi connectivity index (χ4n) is 2.08. The monoisotopic (exact) mass is 275 g/mol. The highest BCUT2D eigenvalue weighted by Gasteiger charge is 2.36. The minimum absolute atomic E-state index is 0.372. The highest BCUT2D eigenvalue weighted by atomic mass is 16.5. The highest BCUT2D eigenvalue weighted by Crippen LogP contribution is 2.45. The second kappa shape index (κ2) is 5.23. The first-order chi connectivity index (χ1) is 9.65. The van der Waals surface area contributed by atoms with Crippen molar-refractivity contribution < 1.29 is 9.47 Å². The van der Waals surface area contributed by atoms with E-state index < -0.39 is 0 Å².